The van der Waals surface area contributed by atoms with E-state index in [4.69, 9.17) is 12.2 Å². The van der Waals surface area contributed by atoms with E-state index in [2.05, 4.69) is 16.0 Å². The van der Waals surface area contributed by atoms with E-state index >= 15 is 0 Å². The maximum Gasteiger partial charge on any atom is 0.251 e. The van der Waals surface area contributed by atoms with Gasteiger partial charge in [-0.05, 0) is 42.9 Å². The van der Waals surface area contributed by atoms with Crippen LogP contribution in [0.4, 0.5) is 5.69 Å². The predicted octanol–water partition coefficient (Wildman–Crippen LogP) is 2.05. The van der Waals surface area contributed by atoms with Crippen LogP contribution in [0.2, 0.25) is 0 Å². The highest BCUT2D eigenvalue weighted by atomic mass is 32.1. The van der Waals surface area contributed by atoms with Gasteiger partial charge < -0.3 is 16.0 Å². The number of hydrogen-bond acceptors (Lipinski definition) is 3. The molecule has 2 amide bonds. The molecule has 0 unspecified atom stereocenters. The fourth-order valence-corrected chi connectivity index (χ4v) is 1.65. The third-order valence-corrected chi connectivity index (χ3v) is 2.72. The summed E-state index contributed by atoms with van der Waals surface area (Å²) < 4.78 is 0. The molecule has 108 valence electrons. The highest BCUT2D eigenvalue weighted by Crippen LogP contribution is 2.09. The van der Waals surface area contributed by atoms with Crippen LogP contribution < -0.4 is 16.0 Å². The van der Waals surface area contributed by atoms with E-state index in [0.717, 1.165) is 12.1 Å². The first kappa shape index (κ1) is 16.1. The number of benzene rings is 1. The lowest BCUT2D eigenvalue weighted by Gasteiger charge is -2.09. The van der Waals surface area contributed by atoms with Gasteiger partial charge in [0.2, 0.25) is 5.91 Å². The molecule has 1 rings (SSSR count). The lowest BCUT2D eigenvalue weighted by atomic mass is 10.2. The van der Waals surface area contributed by atoms with Gasteiger partial charge in [-0.1, -0.05) is 13.8 Å². The molecule has 0 aliphatic heterocycles. The molecule has 0 bridgehead atoms. The van der Waals surface area contributed by atoms with Gasteiger partial charge in [-0.15, -0.1) is 0 Å². The van der Waals surface area contributed by atoms with Crippen LogP contribution in [0.3, 0.4) is 0 Å². The van der Waals surface area contributed by atoms with Crippen LogP contribution in [0.1, 0.15) is 37.0 Å². The molecule has 20 heavy (non-hydrogen) atoms. The Morgan fingerprint density at radius 2 is 1.80 bits per heavy atom. The van der Waals surface area contributed by atoms with Crippen molar-refractivity contribution in [2.45, 2.75) is 26.7 Å². The van der Waals surface area contributed by atoms with Gasteiger partial charge in [-0.25, -0.2) is 0 Å². The van der Waals surface area contributed by atoms with Crippen LogP contribution in [0.25, 0.3) is 0 Å². The van der Waals surface area contributed by atoms with E-state index in [0.29, 0.717) is 18.5 Å². The summed E-state index contributed by atoms with van der Waals surface area (Å²) >= 11 is 5.00. The number of hydrogen-bond donors (Lipinski definition) is 3. The summed E-state index contributed by atoms with van der Waals surface area (Å²) in [7, 11) is 0. The van der Waals surface area contributed by atoms with Crippen LogP contribution in [0, 0.1) is 0 Å². The van der Waals surface area contributed by atoms with E-state index in [1.807, 2.05) is 6.92 Å². The first-order valence-electron chi connectivity index (χ1n) is 6.56. The molecule has 0 atom stereocenters. The quantitative estimate of drug-likeness (QED) is 0.727. The second kappa shape index (κ2) is 8.27. The molecule has 0 spiro atoms. The van der Waals surface area contributed by atoms with Crippen molar-refractivity contribution in [2.75, 3.05) is 11.9 Å². The monoisotopic (exact) mass is 293 g/mol. The van der Waals surface area contributed by atoms with Crippen LogP contribution in [-0.4, -0.2) is 23.5 Å². The first-order valence-corrected chi connectivity index (χ1v) is 6.96. The summed E-state index contributed by atoms with van der Waals surface area (Å²) in [6, 6.07) is 6.89. The van der Waals surface area contributed by atoms with Gasteiger partial charge >= 0.3 is 0 Å². The Morgan fingerprint density at radius 3 is 2.35 bits per heavy atom. The van der Waals surface area contributed by atoms with Crippen molar-refractivity contribution in [3.8, 4) is 0 Å². The molecule has 6 heteroatoms. The van der Waals surface area contributed by atoms with Crippen LogP contribution in [0.15, 0.2) is 24.3 Å². The SMILES string of the molecule is CCCNC(=O)c1ccc(NC(=S)NC(=O)CC)cc1. The van der Waals surface area contributed by atoms with Crippen molar-refractivity contribution in [1.82, 2.24) is 10.6 Å². The molecular formula is C14H19N3O2S. The number of carbonyl (C=O) groups excluding carboxylic acids is 2. The Morgan fingerprint density at radius 1 is 1.15 bits per heavy atom. The Balaban J connectivity index is 2.56. The summed E-state index contributed by atoms with van der Waals surface area (Å²) in [6.45, 7) is 4.41. The highest BCUT2D eigenvalue weighted by molar-refractivity contribution is 7.80. The van der Waals surface area contributed by atoms with Crippen molar-refractivity contribution in [2.24, 2.45) is 0 Å². The third-order valence-electron chi connectivity index (χ3n) is 2.51. The molecule has 0 saturated carbocycles. The minimum Gasteiger partial charge on any atom is -0.352 e. The van der Waals surface area contributed by atoms with Crippen molar-refractivity contribution >= 4 is 34.8 Å². The van der Waals surface area contributed by atoms with E-state index < -0.39 is 0 Å². The van der Waals surface area contributed by atoms with E-state index in [1.54, 1.807) is 31.2 Å². The molecule has 0 heterocycles. The maximum atomic E-state index is 11.7. The minimum absolute atomic E-state index is 0.0970. The third kappa shape index (κ3) is 5.36. The van der Waals surface area contributed by atoms with Crippen molar-refractivity contribution in [1.29, 1.82) is 0 Å². The number of nitrogens with one attached hydrogen (secondary N) is 3. The molecule has 1 aromatic carbocycles. The topological polar surface area (TPSA) is 70.2 Å². The van der Waals surface area contributed by atoms with Crippen molar-refractivity contribution < 1.29 is 9.59 Å². The van der Waals surface area contributed by atoms with E-state index in [-0.39, 0.29) is 16.9 Å². The molecule has 0 aliphatic rings. The summed E-state index contributed by atoms with van der Waals surface area (Å²) in [5, 5.41) is 8.48. The first-order chi connectivity index (χ1) is 9.56. The standard InChI is InChI=1S/C14H19N3O2S/c1-3-9-15-13(19)10-5-7-11(8-6-10)16-14(20)17-12(18)4-2/h5-8H,3-4,9H2,1-2H3,(H,15,19)(H2,16,17,18,20). The van der Waals surface area contributed by atoms with Crippen molar-refractivity contribution in [3.05, 3.63) is 29.8 Å². The van der Waals surface area contributed by atoms with Crippen LogP contribution >= 0.6 is 12.2 Å². The van der Waals surface area contributed by atoms with Gasteiger partial charge in [-0.3, -0.25) is 9.59 Å². The zero-order chi connectivity index (χ0) is 15.0. The Labute approximate surface area is 124 Å². The summed E-state index contributed by atoms with van der Waals surface area (Å²) in [5.74, 6) is -0.238. The molecule has 0 aliphatic carbocycles. The fraction of sp³-hybridized carbons (Fsp3) is 0.357. The lowest BCUT2D eigenvalue weighted by Crippen LogP contribution is -2.33. The average molecular weight is 293 g/mol. The number of carbonyl (C=O) groups is 2. The maximum absolute atomic E-state index is 11.7. The molecular weight excluding hydrogens is 274 g/mol. The number of rotatable bonds is 5. The summed E-state index contributed by atoms with van der Waals surface area (Å²) in [4.78, 5) is 22.9. The molecule has 0 aromatic heterocycles. The second-order valence-electron chi connectivity index (χ2n) is 4.19. The molecule has 0 fully saturated rings. The van der Waals surface area contributed by atoms with Gasteiger partial charge in [0.25, 0.3) is 5.91 Å². The highest BCUT2D eigenvalue weighted by Gasteiger charge is 2.05. The minimum atomic E-state index is -0.141. The van der Waals surface area contributed by atoms with Crippen molar-refractivity contribution in [3.63, 3.8) is 0 Å². The smallest absolute Gasteiger partial charge is 0.251 e. The van der Waals surface area contributed by atoms with Gasteiger partial charge in [0.1, 0.15) is 0 Å². The van der Waals surface area contributed by atoms with E-state index in [1.165, 1.54) is 0 Å². The molecule has 0 saturated heterocycles. The fourth-order valence-electron chi connectivity index (χ4n) is 1.42. The van der Waals surface area contributed by atoms with Gasteiger partial charge in [0.05, 0.1) is 0 Å². The normalized spacial score (nSPS) is 9.70. The zero-order valence-electron chi connectivity index (χ0n) is 11.7. The number of anilines is 1. The molecule has 0 radical (unpaired) electrons. The van der Waals surface area contributed by atoms with Crippen LogP contribution in [-0.2, 0) is 4.79 Å². The van der Waals surface area contributed by atoms with Crippen LogP contribution in [0.5, 0.6) is 0 Å². The second-order valence-corrected chi connectivity index (χ2v) is 4.60. The summed E-state index contributed by atoms with van der Waals surface area (Å²) in [5.41, 5.74) is 1.31. The lowest BCUT2D eigenvalue weighted by molar-refractivity contribution is -0.119. The van der Waals surface area contributed by atoms with E-state index in [9.17, 15) is 9.59 Å². The van der Waals surface area contributed by atoms with Gasteiger partial charge in [0.15, 0.2) is 5.11 Å². The summed E-state index contributed by atoms with van der Waals surface area (Å²) in [6.07, 6.45) is 1.27. The molecule has 1 aromatic rings. The van der Waals surface area contributed by atoms with Gasteiger partial charge in [0, 0.05) is 24.2 Å². The zero-order valence-corrected chi connectivity index (χ0v) is 12.5. The largest absolute Gasteiger partial charge is 0.352 e. The molecule has 3 N–H and O–H groups in total. The Hall–Kier alpha value is -1.95. The number of amides is 2. The average Bonchev–Trinajstić information content (AvgIpc) is 2.45. The number of thiocarbonyl (C=S) groups is 1. The van der Waals surface area contributed by atoms with Gasteiger partial charge in [-0.2, -0.15) is 0 Å². The Bertz CT molecular complexity index is 486. The predicted molar refractivity (Wildman–Crippen MR) is 83.7 cm³/mol. The molecule has 5 nitrogen and oxygen atoms in total. The Kier molecular flexibility index (Phi) is 6.66.